The lowest BCUT2D eigenvalue weighted by Crippen LogP contribution is -2.15. The van der Waals surface area contributed by atoms with Gasteiger partial charge in [-0.15, -0.1) is 5.10 Å². The van der Waals surface area contributed by atoms with Gasteiger partial charge in [0.25, 0.3) is 0 Å². The summed E-state index contributed by atoms with van der Waals surface area (Å²) < 4.78 is 1.70. The van der Waals surface area contributed by atoms with Gasteiger partial charge >= 0.3 is 0 Å². The summed E-state index contributed by atoms with van der Waals surface area (Å²) >= 11 is 1.32. The lowest BCUT2D eigenvalue weighted by Gasteiger charge is -2.13. The van der Waals surface area contributed by atoms with Crippen LogP contribution < -0.4 is 5.32 Å². The molecule has 3 aromatic rings. The SMILES string of the molecule is CC(C)c1ccccc1NC(=O)CSc1ncn(-c2ccccc2)n1. The first-order chi connectivity index (χ1) is 12.1. The Bertz CT molecular complexity index is 845. The van der Waals surface area contributed by atoms with Crippen molar-refractivity contribution in [2.75, 3.05) is 11.1 Å². The van der Waals surface area contributed by atoms with E-state index < -0.39 is 0 Å². The summed E-state index contributed by atoms with van der Waals surface area (Å²) in [6, 6.07) is 17.6. The Morgan fingerprint density at radius 1 is 1.12 bits per heavy atom. The molecule has 25 heavy (non-hydrogen) atoms. The molecule has 1 aromatic heterocycles. The molecular formula is C19H20N4OS. The van der Waals surface area contributed by atoms with Crippen LogP contribution in [0.3, 0.4) is 0 Å². The van der Waals surface area contributed by atoms with Gasteiger partial charge in [-0.1, -0.05) is 62.0 Å². The van der Waals surface area contributed by atoms with Gasteiger partial charge in [-0.2, -0.15) is 0 Å². The van der Waals surface area contributed by atoms with Crippen molar-refractivity contribution in [2.45, 2.75) is 24.9 Å². The van der Waals surface area contributed by atoms with E-state index in [1.807, 2.05) is 54.6 Å². The molecule has 1 amide bonds. The number of aromatic nitrogens is 3. The zero-order valence-corrected chi connectivity index (χ0v) is 15.0. The van der Waals surface area contributed by atoms with Gasteiger partial charge in [-0.05, 0) is 29.7 Å². The van der Waals surface area contributed by atoms with E-state index in [2.05, 4.69) is 29.2 Å². The molecule has 0 saturated heterocycles. The summed E-state index contributed by atoms with van der Waals surface area (Å²) in [6.07, 6.45) is 1.66. The molecule has 6 heteroatoms. The van der Waals surface area contributed by atoms with Gasteiger partial charge < -0.3 is 5.32 Å². The van der Waals surface area contributed by atoms with Crippen molar-refractivity contribution in [2.24, 2.45) is 0 Å². The third kappa shape index (κ3) is 4.48. The normalized spacial score (nSPS) is 10.8. The highest BCUT2D eigenvalue weighted by atomic mass is 32.2. The molecule has 2 aromatic carbocycles. The molecule has 0 fully saturated rings. The quantitative estimate of drug-likeness (QED) is 0.678. The number of nitrogens with one attached hydrogen (secondary N) is 1. The first-order valence-corrected chi connectivity index (χ1v) is 9.10. The van der Waals surface area contributed by atoms with Crippen molar-refractivity contribution in [3.63, 3.8) is 0 Å². The molecular weight excluding hydrogens is 332 g/mol. The number of carbonyl (C=O) groups is 1. The molecule has 0 aliphatic rings. The fraction of sp³-hybridized carbons (Fsp3) is 0.211. The van der Waals surface area contributed by atoms with Crippen molar-refractivity contribution in [3.8, 4) is 5.69 Å². The van der Waals surface area contributed by atoms with Gasteiger partial charge in [0.2, 0.25) is 11.1 Å². The number of anilines is 1. The molecule has 1 N–H and O–H groups in total. The first-order valence-electron chi connectivity index (χ1n) is 8.12. The lowest BCUT2D eigenvalue weighted by atomic mass is 10.0. The number of amides is 1. The van der Waals surface area contributed by atoms with Crippen LogP contribution >= 0.6 is 11.8 Å². The second-order valence-corrected chi connectivity index (χ2v) is 6.83. The lowest BCUT2D eigenvalue weighted by molar-refractivity contribution is -0.113. The molecule has 0 bridgehead atoms. The molecule has 3 rings (SSSR count). The van der Waals surface area contributed by atoms with Crippen LogP contribution in [0.1, 0.15) is 25.3 Å². The smallest absolute Gasteiger partial charge is 0.234 e. The van der Waals surface area contributed by atoms with E-state index in [0.29, 0.717) is 11.1 Å². The third-order valence-electron chi connectivity index (χ3n) is 3.68. The van der Waals surface area contributed by atoms with Crippen LogP contribution in [0.25, 0.3) is 5.69 Å². The summed E-state index contributed by atoms with van der Waals surface area (Å²) in [7, 11) is 0. The van der Waals surface area contributed by atoms with Gasteiger partial charge in [0.05, 0.1) is 11.4 Å². The predicted octanol–water partition coefficient (Wildman–Crippen LogP) is 4.12. The Hall–Kier alpha value is -2.60. The fourth-order valence-corrected chi connectivity index (χ4v) is 3.05. The second kappa shape index (κ2) is 7.98. The van der Waals surface area contributed by atoms with E-state index in [0.717, 1.165) is 16.9 Å². The average molecular weight is 352 g/mol. The number of carbonyl (C=O) groups excluding carboxylic acids is 1. The van der Waals surface area contributed by atoms with Crippen molar-refractivity contribution in [1.29, 1.82) is 0 Å². The minimum absolute atomic E-state index is 0.0610. The summed E-state index contributed by atoms with van der Waals surface area (Å²) in [5.74, 6) is 0.562. The van der Waals surface area contributed by atoms with E-state index in [-0.39, 0.29) is 11.7 Å². The Kier molecular flexibility index (Phi) is 5.50. The summed E-state index contributed by atoms with van der Waals surface area (Å²) in [4.78, 5) is 16.5. The topological polar surface area (TPSA) is 59.8 Å². The molecule has 0 spiro atoms. The number of hydrogen-bond acceptors (Lipinski definition) is 4. The van der Waals surface area contributed by atoms with Gasteiger partial charge in [-0.3, -0.25) is 4.79 Å². The second-order valence-electron chi connectivity index (χ2n) is 5.89. The number of rotatable bonds is 6. The molecule has 0 aliphatic carbocycles. The number of benzene rings is 2. The summed E-state index contributed by atoms with van der Waals surface area (Å²) in [5, 5.41) is 7.95. The van der Waals surface area contributed by atoms with Crippen LogP contribution in [-0.4, -0.2) is 26.4 Å². The predicted molar refractivity (Wildman–Crippen MR) is 101 cm³/mol. The average Bonchev–Trinajstić information content (AvgIpc) is 3.10. The summed E-state index contributed by atoms with van der Waals surface area (Å²) in [6.45, 7) is 4.22. The molecule has 1 heterocycles. The van der Waals surface area contributed by atoms with E-state index in [4.69, 9.17) is 0 Å². The maximum absolute atomic E-state index is 12.2. The van der Waals surface area contributed by atoms with Crippen LogP contribution in [0.4, 0.5) is 5.69 Å². The standard InChI is InChI=1S/C19H20N4OS/c1-14(2)16-10-6-7-11-17(16)21-18(24)12-25-19-20-13-23(22-19)15-8-4-3-5-9-15/h3-11,13-14H,12H2,1-2H3,(H,21,24). The highest BCUT2D eigenvalue weighted by Crippen LogP contribution is 2.24. The molecule has 0 saturated carbocycles. The molecule has 0 unspecified atom stereocenters. The highest BCUT2D eigenvalue weighted by molar-refractivity contribution is 7.99. The van der Waals surface area contributed by atoms with Crippen LogP contribution in [-0.2, 0) is 4.79 Å². The molecule has 0 radical (unpaired) electrons. The minimum Gasteiger partial charge on any atom is -0.325 e. The Morgan fingerprint density at radius 3 is 2.60 bits per heavy atom. The Balaban J connectivity index is 1.59. The Morgan fingerprint density at radius 2 is 1.84 bits per heavy atom. The van der Waals surface area contributed by atoms with Gasteiger partial charge in [0.1, 0.15) is 6.33 Å². The third-order valence-corrected chi connectivity index (χ3v) is 4.53. The molecule has 5 nitrogen and oxygen atoms in total. The minimum atomic E-state index is -0.0610. The largest absolute Gasteiger partial charge is 0.325 e. The molecule has 128 valence electrons. The highest BCUT2D eigenvalue weighted by Gasteiger charge is 2.11. The van der Waals surface area contributed by atoms with Gasteiger partial charge in [0.15, 0.2) is 0 Å². The van der Waals surface area contributed by atoms with Crippen LogP contribution in [0.2, 0.25) is 0 Å². The Labute approximate surface area is 151 Å². The van der Waals surface area contributed by atoms with Crippen molar-refractivity contribution in [1.82, 2.24) is 14.8 Å². The zero-order chi connectivity index (χ0) is 17.6. The maximum Gasteiger partial charge on any atom is 0.234 e. The summed E-state index contributed by atoms with van der Waals surface area (Å²) in [5.41, 5.74) is 2.94. The number of nitrogens with zero attached hydrogens (tertiary/aromatic N) is 3. The van der Waals surface area contributed by atoms with E-state index in [9.17, 15) is 4.79 Å². The van der Waals surface area contributed by atoms with Crippen molar-refractivity contribution < 1.29 is 4.79 Å². The molecule has 0 atom stereocenters. The van der Waals surface area contributed by atoms with Crippen molar-refractivity contribution in [3.05, 3.63) is 66.5 Å². The van der Waals surface area contributed by atoms with E-state index >= 15 is 0 Å². The van der Waals surface area contributed by atoms with E-state index in [1.165, 1.54) is 11.8 Å². The number of hydrogen-bond donors (Lipinski definition) is 1. The van der Waals surface area contributed by atoms with Crippen LogP contribution in [0.5, 0.6) is 0 Å². The molecule has 0 aliphatic heterocycles. The van der Waals surface area contributed by atoms with E-state index in [1.54, 1.807) is 11.0 Å². The first kappa shape index (κ1) is 17.2. The zero-order valence-electron chi connectivity index (χ0n) is 14.2. The number of thioether (sulfide) groups is 1. The van der Waals surface area contributed by atoms with Gasteiger partial charge in [-0.25, -0.2) is 9.67 Å². The monoisotopic (exact) mass is 352 g/mol. The van der Waals surface area contributed by atoms with Crippen molar-refractivity contribution >= 4 is 23.4 Å². The fourth-order valence-electron chi connectivity index (χ4n) is 2.45. The number of para-hydroxylation sites is 2. The van der Waals surface area contributed by atoms with Gasteiger partial charge in [0, 0.05) is 5.69 Å². The maximum atomic E-state index is 12.2. The van der Waals surface area contributed by atoms with Crippen LogP contribution in [0.15, 0.2) is 66.1 Å². The van der Waals surface area contributed by atoms with Crippen LogP contribution in [0, 0.1) is 0 Å².